The molecule has 0 aliphatic heterocycles. The minimum atomic E-state index is -2.27. The van der Waals surface area contributed by atoms with Crippen LogP contribution in [0.2, 0.25) is 0 Å². The van der Waals surface area contributed by atoms with Crippen molar-refractivity contribution in [2.24, 2.45) is 0 Å². The first-order chi connectivity index (χ1) is 16.7. The fourth-order valence-corrected chi connectivity index (χ4v) is 3.15. The maximum absolute atomic E-state index is 9.77. The minimum absolute atomic E-state index is 0.674. The van der Waals surface area contributed by atoms with Gasteiger partial charge in [-0.3, -0.25) is 4.98 Å². The van der Waals surface area contributed by atoms with Crippen molar-refractivity contribution in [1.82, 2.24) is 4.98 Å². The minimum Gasteiger partial charge on any atom is -0.493 e. The summed E-state index contributed by atoms with van der Waals surface area (Å²) in [7, 11) is 6.53. The smallest absolute Gasteiger partial charge is 0.335 e. The number of aliphatic hydroxyl groups excluding tert-OH is 2. The summed E-state index contributed by atoms with van der Waals surface area (Å²) < 4.78 is 21.5. The zero-order valence-corrected chi connectivity index (χ0v) is 19.6. The van der Waals surface area contributed by atoms with Crippen molar-refractivity contribution in [3.63, 3.8) is 0 Å². The molecule has 35 heavy (non-hydrogen) atoms. The summed E-state index contributed by atoms with van der Waals surface area (Å²) in [4.78, 5) is 24.1. The van der Waals surface area contributed by atoms with E-state index in [0.29, 0.717) is 29.4 Å². The molecular formula is C24H27NO10. The molecule has 0 fully saturated rings. The molecule has 4 N–H and O–H groups in total. The van der Waals surface area contributed by atoms with Crippen molar-refractivity contribution in [2.45, 2.75) is 18.6 Å². The highest BCUT2D eigenvalue weighted by atomic mass is 16.5. The first-order valence-electron chi connectivity index (χ1n) is 10.2. The van der Waals surface area contributed by atoms with Crippen LogP contribution < -0.4 is 18.9 Å². The Kier molecular flexibility index (Phi) is 9.62. The van der Waals surface area contributed by atoms with Crippen molar-refractivity contribution in [2.75, 3.05) is 28.4 Å². The number of rotatable bonds is 9. The Labute approximate surface area is 201 Å². The van der Waals surface area contributed by atoms with Crippen LogP contribution in [0.4, 0.5) is 0 Å². The third kappa shape index (κ3) is 6.71. The van der Waals surface area contributed by atoms with Gasteiger partial charge in [0.1, 0.15) is 0 Å². The lowest BCUT2D eigenvalue weighted by atomic mass is 10.0. The van der Waals surface area contributed by atoms with E-state index in [1.54, 1.807) is 28.4 Å². The largest absolute Gasteiger partial charge is 0.493 e. The number of aliphatic hydroxyl groups is 2. The molecule has 0 aliphatic carbocycles. The molecule has 3 aromatic rings. The van der Waals surface area contributed by atoms with Crippen LogP contribution in [0, 0.1) is 0 Å². The van der Waals surface area contributed by atoms with Crippen molar-refractivity contribution in [3.05, 3.63) is 53.9 Å². The lowest BCUT2D eigenvalue weighted by Crippen LogP contribution is -2.39. The van der Waals surface area contributed by atoms with Crippen LogP contribution in [-0.4, -0.2) is 78.0 Å². The molecule has 0 saturated heterocycles. The number of hydrogen-bond acceptors (Lipinski definition) is 9. The van der Waals surface area contributed by atoms with Gasteiger partial charge in [0.15, 0.2) is 35.2 Å². The van der Waals surface area contributed by atoms with Crippen LogP contribution in [0.5, 0.6) is 23.0 Å². The molecule has 0 saturated carbocycles. The molecule has 1 heterocycles. The summed E-state index contributed by atoms with van der Waals surface area (Å²) in [6, 6.07) is 11.8. The van der Waals surface area contributed by atoms with Gasteiger partial charge < -0.3 is 39.4 Å². The van der Waals surface area contributed by atoms with Gasteiger partial charge in [0, 0.05) is 18.0 Å². The van der Waals surface area contributed by atoms with E-state index in [-0.39, 0.29) is 0 Å². The van der Waals surface area contributed by atoms with Gasteiger partial charge in [-0.05, 0) is 41.3 Å². The van der Waals surface area contributed by atoms with Gasteiger partial charge in [0.25, 0.3) is 0 Å². The van der Waals surface area contributed by atoms with Gasteiger partial charge in [-0.15, -0.1) is 0 Å². The Balaban J connectivity index is 0.000000367. The number of aliphatic carboxylic acids is 2. The highest BCUT2D eigenvalue weighted by Crippen LogP contribution is 2.34. The average Bonchev–Trinajstić information content (AvgIpc) is 2.87. The average molecular weight is 489 g/mol. The quantitative estimate of drug-likeness (QED) is 0.346. The first-order valence-corrected chi connectivity index (χ1v) is 10.2. The van der Waals surface area contributed by atoms with Crippen LogP contribution >= 0.6 is 0 Å². The predicted molar refractivity (Wildman–Crippen MR) is 124 cm³/mol. The van der Waals surface area contributed by atoms with E-state index in [2.05, 4.69) is 4.98 Å². The van der Waals surface area contributed by atoms with Crippen LogP contribution in [-0.2, 0) is 16.0 Å². The van der Waals surface area contributed by atoms with Gasteiger partial charge in [-0.25, -0.2) is 9.59 Å². The summed E-state index contributed by atoms with van der Waals surface area (Å²) in [5.41, 5.74) is 2.05. The van der Waals surface area contributed by atoms with Crippen molar-refractivity contribution in [1.29, 1.82) is 0 Å². The number of aromatic nitrogens is 1. The monoisotopic (exact) mass is 489 g/mol. The van der Waals surface area contributed by atoms with E-state index in [4.69, 9.17) is 39.4 Å². The van der Waals surface area contributed by atoms with E-state index in [1.165, 1.54) is 0 Å². The number of nitrogens with zero attached hydrogens (tertiary/aromatic N) is 1. The van der Waals surface area contributed by atoms with E-state index < -0.39 is 24.1 Å². The number of methoxy groups -OCH3 is 4. The molecule has 1 aromatic heterocycles. The topological polar surface area (TPSA) is 165 Å². The number of pyridine rings is 1. The standard InChI is InChI=1S/C20H21NO4.C4H6O6/c1-22-17-6-5-13(10-18(17)23-2)9-16-15-12-20(25-4)19(24-3)11-14(15)7-8-21-16;5-1(3(7)8)2(6)4(9)10/h5-8,10-12H,9H2,1-4H3;1-2,5-6H,(H,7,8)(H,9,10). The Morgan fingerprint density at radius 3 is 1.80 bits per heavy atom. The number of carboxylic acid groups (broad SMARTS) is 2. The van der Waals surface area contributed by atoms with Crippen LogP contribution in [0.15, 0.2) is 42.6 Å². The Hall–Kier alpha value is -4.09. The predicted octanol–water partition coefficient (Wildman–Crippen LogP) is 1.74. The summed E-state index contributed by atoms with van der Waals surface area (Å²) in [6.45, 7) is 0. The highest BCUT2D eigenvalue weighted by molar-refractivity contribution is 5.88. The van der Waals surface area contributed by atoms with E-state index >= 15 is 0 Å². The molecular weight excluding hydrogens is 462 g/mol. The van der Waals surface area contributed by atoms with Crippen LogP contribution in [0.3, 0.4) is 0 Å². The Morgan fingerprint density at radius 2 is 1.29 bits per heavy atom. The number of benzene rings is 2. The highest BCUT2D eigenvalue weighted by Gasteiger charge is 2.29. The summed E-state index contributed by atoms with van der Waals surface area (Å²) in [5, 5.41) is 34.6. The number of fused-ring (bicyclic) bond motifs is 1. The number of ether oxygens (including phenoxy) is 4. The second-order valence-corrected chi connectivity index (χ2v) is 7.12. The molecule has 0 spiro atoms. The van der Waals surface area contributed by atoms with Gasteiger partial charge in [0.05, 0.1) is 34.1 Å². The summed E-state index contributed by atoms with van der Waals surface area (Å²) in [6.07, 6.45) is -2.05. The van der Waals surface area contributed by atoms with Gasteiger partial charge in [-0.1, -0.05) is 6.07 Å². The lowest BCUT2D eigenvalue weighted by molar-refractivity contribution is -0.165. The molecule has 188 valence electrons. The maximum Gasteiger partial charge on any atom is 0.335 e. The number of carboxylic acids is 2. The van der Waals surface area contributed by atoms with Crippen molar-refractivity contribution in [3.8, 4) is 23.0 Å². The fraction of sp³-hybridized carbons (Fsp3) is 0.292. The molecule has 11 nitrogen and oxygen atoms in total. The molecule has 2 atom stereocenters. The maximum atomic E-state index is 9.77. The SMILES string of the molecule is COc1ccc(Cc2nccc3cc(OC)c(OC)cc23)cc1OC.O=C(O)C(O)C(O)C(=O)O. The van der Waals surface area contributed by atoms with Gasteiger partial charge >= 0.3 is 11.9 Å². The first kappa shape index (κ1) is 27.2. The van der Waals surface area contributed by atoms with Gasteiger partial charge in [-0.2, -0.15) is 0 Å². The summed E-state index contributed by atoms with van der Waals surface area (Å²) in [5.74, 6) is -0.720. The molecule has 2 unspecified atom stereocenters. The lowest BCUT2D eigenvalue weighted by Gasteiger charge is -2.12. The Morgan fingerprint density at radius 1 is 0.771 bits per heavy atom. The van der Waals surface area contributed by atoms with Crippen LogP contribution in [0.25, 0.3) is 10.8 Å². The number of hydrogen-bond donors (Lipinski definition) is 4. The van der Waals surface area contributed by atoms with Crippen molar-refractivity contribution < 1.29 is 49.0 Å². The molecule has 0 amide bonds. The third-order valence-corrected chi connectivity index (χ3v) is 4.98. The number of carbonyl (C=O) groups is 2. The zero-order chi connectivity index (χ0) is 26.1. The molecule has 3 rings (SSSR count). The molecule has 0 bridgehead atoms. The zero-order valence-electron chi connectivity index (χ0n) is 19.6. The second kappa shape index (κ2) is 12.4. The molecule has 2 aromatic carbocycles. The molecule has 0 radical (unpaired) electrons. The summed E-state index contributed by atoms with van der Waals surface area (Å²) >= 11 is 0. The second-order valence-electron chi connectivity index (χ2n) is 7.12. The van der Waals surface area contributed by atoms with Crippen molar-refractivity contribution >= 4 is 22.7 Å². The normalized spacial score (nSPS) is 12.1. The van der Waals surface area contributed by atoms with E-state index in [1.807, 2.05) is 42.6 Å². The Bertz CT molecular complexity index is 1160. The van der Waals surface area contributed by atoms with Gasteiger partial charge in [0.2, 0.25) is 0 Å². The third-order valence-electron chi connectivity index (χ3n) is 4.98. The van der Waals surface area contributed by atoms with E-state index in [9.17, 15) is 9.59 Å². The molecule has 0 aliphatic rings. The molecule has 11 heteroatoms. The van der Waals surface area contributed by atoms with E-state index in [0.717, 1.165) is 22.0 Å². The van der Waals surface area contributed by atoms with Crippen LogP contribution in [0.1, 0.15) is 11.3 Å². The fourth-order valence-electron chi connectivity index (χ4n) is 3.15.